The molecular formula is C47H93NO5. The average Bonchev–Trinajstić information content (AvgIpc) is 3.10. The molecular weight excluding hydrogens is 659 g/mol. The maximum Gasteiger partial charge on any atom is 0.305 e. The summed E-state index contributed by atoms with van der Waals surface area (Å²) in [5, 5.41) is 0. The lowest BCUT2D eigenvalue weighted by Gasteiger charge is -2.21. The number of carbonyl (C=O) groups is 2. The second-order valence-corrected chi connectivity index (χ2v) is 18.1. The molecule has 0 amide bonds. The molecule has 0 N–H and O–H groups in total. The SMILES string of the molecule is CCN(C)CCCOC(CCCCCCCCCC(=O)OCC(CCC(C)C)C(C)C)CCCCCCCCCC(=O)OCC(CCC(C)C)C(C)C. The fourth-order valence-corrected chi connectivity index (χ4v) is 6.96. The van der Waals surface area contributed by atoms with Gasteiger partial charge in [0.15, 0.2) is 0 Å². The summed E-state index contributed by atoms with van der Waals surface area (Å²) in [5.74, 6) is 3.45. The van der Waals surface area contributed by atoms with E-state index in [0.717, 1.165) is 64.6 Å². The van der Waals surface area contributed by atoms with E-state index in [1.807, 2.05) is 0 Å². The third-order valence-electron chi connectivity index (χ3n) is 11.4. The molecule has 6 nitrogen and oxygen atoms in total. The van der Waals surface area contributed by atoms with Crippen molar-refractivity contribution in [1.82, 2.24) is 4.90 Å². The van der Waals surface area contributed by atoms with E-state index in [-0.39, 0.29) is 11.9 Å². The van der Waals surface area contributed by atoms with Crippen LogP contribution in [0.5, 0.6) is 0 Å². The molecule has 0 fully saturated rings. The highest BCUT2D eigenvalue weighted by molar-refractivity contribution is 5.69. The Morgan fingerprint density at radius 1 is 0.491 bits per heavy atom. The predicted octanol–water partition coefficient (Wildman–Crippen LogP) is 13.2. The van der Waals surface area contributed by atoms with Gasteiger partial charge in [-0.05, 0) is 94.0 Å². The van der Waals surface area contributed by atoms with Gasteiger partial charge in [0, 0.05) is 26.0 Å². The highest BCUT2D eigenvalue weighted by atomic mass is 16.5. The van der Waals surface area contributed by atoms with E-state index < -0.39 is 0 Å². The van der Waals surface area contributed by atoms with Gasteiger partial charge in [-0.2, -0.15) is 0 Å². The molecule has 53 heavy (non-hydrogen) atoms. The zero-order valence-electron chi connectivity index (χ0n) is 37.3. The second-order valence-electron chi connectivity index (χ2n) is 18.1. The maximum atomic E-state index is 12.3. The summed E-state index contributed by atoms with van der Waals surface area (Å²) in [6, 6.07) is 0. The molecule has 2 atom stereocenters. The number of unbranched alkanes of at least 4 members (excludes halogenated alkanes) is 12. The molecule has 0 aliphatic heterocycles. The molecule has 0 aromatic heterocycles. The van der Waals surface area contributed by atoms with Crippen molar-refractivity contribution in [3.8, 4) is 0 Å². The van der Waals surface area contributed by atoms with Crippen LogP contribution in [-0.4, -0.2) is 62.9 Å². The lowest BCUT2D eigenvalue weighted by molar-refractivity contribution is -0.146. The van der Waals surface area contributed by atoms with Gasteiger partial charge in [-0.25, -0.2) is 0 Å². The van der Waals surface area contributed by atoms with Gasteiger partial charge in [0.1, 0.15) is 0 Å². The largest absolute Gasteiger partial charge is 0.465 e. The van der Waals surface area contributed by atoms with Crippen molar-refractivity contribution in [3.05, 3.63) is 0 Å². The van der Waals surface area contributed by atoms with Crippen molar-refractivity contribution in [2.75, 3.05) is 40.0 Å². The average molecular weight is 752 g/mol. The number of hydrogen-bond donors (Lipinski definition) is 0. The van der Waals surface area contributed by atoms with Crippen molar-refractivity contribution in [2.45, 2.75) is 216 Å². The van der Waals surface area contributed by atoms with E-state index in [9.17, 15) is 9.59 Å². The van der Waals surface area contributed by atoms with Crippen LogP contribution < -0.4 is 0 Å². The highest BCUT2D eigenvalue weighted by Gasteiger charge is 2.18. The van der Waals surface area contributed by atoms with Crippen molar-refractivity contribution < 1.29 is 23.8 Å². The van der Waals surface area contributed by atoms with Gasteiger partial charge >= 0.3 is 11.9 Å². The lowest BCUT2D eigenvalue weighted by Crippen LogP contribution is -2.21. The topological polar surface area (TPSA) is 65.1 Å². The first kappa shape index (κ1) is 51.9. The minimum Gasteiger partial charge on any atom is -0.465 e. The first-order valence-electron chi connectivity index (χ1n) is 23.0. The van der Waals surface area contributed by atoms with Crippen LogP contribution in [0.3, 0.4) is 0 Å². The lowest BCUT2D eigenvalue weighted by atomic mass is 9.89. The fraction of sp³-hybridized carbons (Fsp3) is 0.957. The van der Waals surface area contributed by atoms with Crippen LogP contribution in [0.2, 0.25) is 0 Å². The van der Waals surface area contributed by atoms with Crippen LogP contribution in [-0.2, 0) is 23.8 Å². The van der Waals surface area contributed by atoms with Gasteiger partial charge in [-0.3, -0.25) is 9.59 Å². The normalized spacial score (nSPS) is 13.8. The Hall–Kier alpha value is -1.14. The van der Waals surface area contributed by atoms with Crippen molar-refractivity contribution >= 4 is 11.9 Å². The van der Waals surface area contributed by atoms with E-state index in [4.69, 9.17) is 14.2 Å². The Kier molecular flexibility index (Phi) is 34.5. The summed E-state index contributed by atoms with van der Waals surface area (Å²) < 4.78 is 17.8. The third-order valence-corrected chi connectivity index (χ3v) is 11.4. The van der Waals surface area contributed by atoms with Gasteiger partial charge in [-0.1, -0.05) is 152 Å². The van der Waals surface area contributed by atoms with Crippen molar-refractivity contribution in [3.63, 3.8) is 0 Å². The Bertz CT molecular complexity index is 770. The van der Waals surface area contributed by atoms with Gasteiger partial charge in [-0.15, -0.1) is 0 Å². The second kappa shape index (κ2) is 35.3. The van der Waals surface area contributed by atoms with E-state index >= 15 is 0 Å². The molecule has 0 bridgehead atoms. The summed E-state index contributed by atoms with van der Waals surface area (Å²) in [6.07, 6.45) is 26.4. The van der Waals surface area contributed by atoms with Crippen molar-refractivity contribution in [1.29, 1.82) is 0 Å². The van der Waals surface area contributed by atoms with Gasteiger partial charge in [0.05, 0.1) is 19.3 Å². The van der Waals surface area contributed by atoms with E-state index in [2.05, 4.69) is 74.3 Å². The number of rotatable bonds is 38. The molecule has 316 valence electrons. The van der Waals surface area contributed by atoms with Crippen LogP contribution in [0.15, 0.2) is 0 Å². The van der Waals surface area contributed by atoms with Crippen LogP contribution in [0.4, 0.5) is 0 Å². The third kappa shape index (κ3) is 33.9. The molecule has 0 spiro atoms. The number of esters is 2. The Labute approximate surface area is 331 Å². The number of ether oxygens (including phenoxy) is 3. The Morgan fingerprint density at radius 3 is 1.23 bits per heavy atom. The Morgan fingerprint density at radius 2 is 0.868 bits per heavy atom. The van der Waals surface area contributed by atoms with E-state index in [1.54, 1.807) is 0 Å². The number of hydrogen-bond acceptors (Lipinski definition) is 6. The minimum atomic E-state index is -0.00972. The zero-order chi connectivity index (χ0) is 39.7. The first-order chi connectivity index (χ1) is 25.3. The minimum absolute atomic E-state index is 0.00972. The highest BCUT2D eigenvalue weighted by Crippen LogP contribution is 2.23. The molecule has 0 aliphatic carbocycles. The van der Waals surface area contributed by atoms with E-state index in [1.165, 1.54) is 89.9 Å². The monoisotopic (exact) mass is 752 g/mol. The molecule has 0 aromatic rings. The number of carbonyl (C=O) groups excluding carboxylic acids is 2. The van der Waals surface area contributed by atoms with Crippen LogP contribution in [0.1, 0.15) is 210 Å². The van der Waals surface area contributed by atoms with Crippen LogP contribution >= 0.6 is 0 Å². The van der Waals surface area contributed by atoms with Crippen LogP contribution in [0, 0.1) is 35.5 Å². The predicted molar refractivity (Wildman–Crippen MR) is 227 cm³/mol. The fourth-order valence-electron chi connectivity index (χ4n) is 6.96. The maximum absolute atomic E-state index is 12.3. The molecule has 0 aromatic carbocycles. The smallest absolute Gasteiger partial charge is 0.305 e. The summed E-state index contributed by atoms with van der Waals surface area (Å²) >= 11 is 0. The van der Waals surface area contributed by atoms with Gasteiger partial charge in [0.25, 0.3) is 0 Å². The molecule has 0 radical (unpaired) electrons. The quantitative estimate of drug-likeness (QED) is 0.0462. The van der Waals surface area contributed by atoms with E-state index in [0.29, 0.717) is 67.7 Å². The Balaban J connectivity index is 4.13. The van der Waals surface area contributed by atoms with Crippen LogP contribution in [0.25, 0.3) is 0 Å². The summed E-state index contributed by atoms with van der Waals surface area (Å²) in [5.41, 5.74) is 0. The number of nitrogens with zero attached hydrogens (tertiary/aromatic N) is 1. The molecule has 6 heteroatoms. The zero-order valence-corrected chi connectivity index (χ0v) is 37.3. The molecule has 0 heterocycles. The molecule has 0 saturated carbocycles. The molecule has 0 rings (SSSR count). The molecule has 0 aliphatic rings. The molecule has 0 saturated heterocycles. The van der Waals surface area contributed by atoms with Crippen molar-refractivity contribution in [2.24, 2.45) is 35.5 Å². The standard InChI is InChI=1S/C47H93NO5/c1-11-48(10)35-26-36-51-45(27-22-18-14-12-16-20-24-29-46(49)52-37-43(41(6)7)33-31-39(2)3)28-23-19-15-13-17-21-25-30-47(50)53-38-44(42(8)9)34-32-40(4)5/h39-45H,11-38H2,1-10H3. The molecule has 2 unspecified atom stereocenters. The van der Waals surface area contributed by atoms with Gasteiger partial charge < -0.3 is 19.1 Å². The summed E-state index contributed by atoms with van der Waals surface area (Å²) in [6.45, 7) is 24.5. The van der Waals surface area contributed by atoms with Gasteiger partial charge in [0.2, 0.25) is 0 Å². The first-order valence-corrected chi connectivity index (χ1v) is 23.0. The summed E-state index contributed by atoms with van der Waals surface area (Å²) in [7, 11) is 2.19. The summed E-state index contributed by atoms with van der Waals surface area (Å²) in [4.78, 5) is 27.0.